The van der Waals surface area contributed by atoms with Gasteiger partial charge in [0.05, 0.1) is 0 Å². The summed E-state index contributed by atoms with van der Waals surface area (Å²) in [5, 5.41) is 2.72. The van der Waals surface area contributed by atoms with Crippen molar-refractivity contribution in [2.45, 2.75) is 6.61 Å². The van der Waals surface area contributed by atoms with Gasteiger partial charge < -0.3 is 10.1 Å². The molecule has 0 spiro atoms. The molecule has 0 fully saturated rings. The number of carbonyl (C=O) groups is 1. The second-order valence-electron chi connectivity index (χ2n) is 4.39. The van der Waals surface area contributed by atoms with Crippen LogP contribution in [0.25, 0.3) is 0 Å². The van der Waals surface area contributed by atoms with Gasteiger partial charge in [0.1, 0.15) is 12.4 Å². The largest absolute Gasteiger partial charge is 0.489 e. The van der Waals surface area contributed by atoms with E-state index in [4.69, 9.17) is 16.3 Å². The Balaban J connectivity index is 1.97. The third-order valence-corrected chi connectivity index (χ3v) is 3.51. The molecule has 0 aliphatic carbocycles. The Bertz CT molecular complexity index is 601. The minimum atomic E-state index is -0.148. The zero-order valence-corrected chi connectivity index (χ0v) is 13.7. The van der Waals surface area contributed by atoms with Crippen LogP contribution >= 0.6 is 27.5 Å². The molecule has 0 aliphatic rings. The number of hydrogen-bond donors (Lipinski definition) is 1. The van der Waals surface area contributed by atoms with E-state index in [0.717, 1.165) is 10.0 Å². The number of ether oxygens (including phenoxy) is 1. The highest BCUT2D eigenvalue weighted by molar-refractivity contribution is 9.10. The molecule has 0 aliphatic heterocycles. The third-order valence-electron chi connectivity index (χ3n) is 2.80. The lowest BCUT2D eigenvalue weighted by Crippen LogP contribution is -2.25. The zero-order valence-electron chi connectivity index (χ0n) is 11.3. The van der Waals surface area contributed by atoms with Crippen molar-refractivity contribution in [1.29, 1.82) is 0 Å². The predicted octanol–water partition coefficient (Wildman–Crippen LogP) is 4.00. The topological polar surface area (TPSA) is 38.3 Å². The molecule has 0 heterocycles. The van der Waals surface area contributed by atoms with Gasteiger partial charge in [-0.15, -0.1) is 11.6 Å². The highest BCUT2D eigenvalue weighted by Gasteiger charge is 2.06. The SMILES string of the molecule is O=C(NCCCl)c1cccc(OCc2ccc(Br)cc2)c1. The van der Waals surface area contributed by atoms with Crippen LogP contribution in [-0.2, 0) is 6.61 Å². The molecule has 3 nitrogen and oxygen atoms in total. The van der Waals surface area contributed by atoms with Gasteiger partial charge in [-0.25, -0.2) is 0 Å². The van der Waals surface area contributed by atoms with Crippen molar-refractivity contribution >= 4 is 33.4 Å². The van der Waals surface area contributed by atoms with Crippen LogP contribution in [0.3, 0.4) is 0 Å². The molecule has 0 saturated heterocycles. The molecule has 0 radical (unpaired) electrons. The van der Waals surface area contributed by atoms with E-state index < -0.39 is 0 Å². The Morgan fingerprint density at radius 1 is 1.19 bits per heavy atom. The van der Waals surface area contributed by atoms with E-state index in [-0.39, 0.29) is 5.91 Å². The highest BCUT2D eigenvalue weighted by Crippen LogP contribution is 2.16. The highest BCUT2D eigenvalue weighted by atomic mass is 79.9. The maximum atomic E-state index is 11.8. The van der Waals surface area contributed by atoms with E-state index in [1.807, 2.05) is 30.3 Å². The van der Waals surface area contributed by atoms with Crippen LogP contribution in [0.1, 0.15) is 15.9 Å². The second kappa shape index (κ2) is 8.05. The molecule has 0 bridgehead atoms. The van der Waals surface area contributed by atoms with Crippen LogP contribution in [0, 0.1) is 0 Å². The van der Waals surface area contributed by atoms with Crippen LogP contribution in [0.4, 0.5) is 0 Å². The summed E-state index contributed by atoms with van der Waals surface area (Å²) in [5.74, 6) is 0.909. The molecule has 0 unspecified atom stereocenters. The van der Waals surface area contributed by atoms with Crippen molar-refractivity contribution in [2.24, 2.45) is 0 Å². The van der Waals surface area contributed by atoms with Gasteiger partial charge in [0, 0.05) is 22.5 Å². The van der Waals surface area contributed by atoms with E-state index >= 15 is 0 Å². The summed E-state index contributed by atoms with van der Waals surface area (Å²) < 4.78 is 6.74. The van der Waals surface area contributed by atoms with E-state index in [2.05, 4.69) is 21.2 Å². The normalized spacial score (nSPS) is 10.2. The minimum absolute atomic E-state index is 0.148. The van der Waals surface area contributed by atoms with E-state index in [9.17, 15) is 4.79 Å². The fraction of sp³-hybridized carbons (Fsp3) is 0.188. The first kappa shape index (κ1) is 15.9. The molecule has 2 rings (SSSR count). The van der Waals surface area contributed by atoms with E-state index in [0.29, 0.717) is 30.3 Å². The van der Waals surface area contributed by atoms with Gasteiger partial charge in [0.15, 0.2) is 0 Å². The first-order chi connectivity index (χ1) is 10.2. The maximum absolute atomic E-state index is 11.8. The molecule has 2 aromatic rings. The molecular formula is C16H15BrClNO2. The molecular weight excluding hydrogens is 354 g/mol. The molecule has 2 aromatic carbocycles. The Morgan fingerprint density at radius 3 is 2.67 bits per heavy atom. The first-order valence-corrected chi connectivity index (χ1v) is 7.83. The van der Waals surface area contributed by atoms with Crippen LogP contribution in [0.2, 0.25) is 0 Å². The lowest BCUT2D eigenvalue weighted by molar-refractivity contribution is 0.0955. The summed E-state index contributed by atoms with van der Waals surface area (Å²) in [4.78, 5) is 11.8. The number of hydrogen-bond acceptors (Lipinski definition) is 2. The number of amides is 1. The minimum Gasteiger partial charge on any atom is -0.489 e. The smallest absolute Gasteiger partial charge is 0.251 e. The Morgan fingerprint density at radius 2 is 1.95 bits per heavy atom. The van der Waals surface area contributed by atoms with Crippen molar-refractivity contribution in [3.05, 3.63) is 64.1 Å². The Hall–Kier alpha value is -1.52. The molecule has 1 N–H and O–H groups in total. The van der Waals surface area contributed by atoms with Crippen molar-refractivity contribution in [3.8, 4) is 5.75 Å². The molecule has 0 saturated carbocycles. The van der Waals surface area contributed by atoms with Crippen molar-refractivity contribution in [3.63, 3.8) is 0 Å². The van der Waals surface area contributed by atoms with Crippen LogP contribution in [0.15, 0.2) is 53.0 Å². The van der Waals surface area contributed by atoms with Crippen LogP contribution < -0.4 is 10.1 Å². The number of nitrogens with one attached hydrogen (secondary N) is 1. The quantitative estimate of drug-likeness (QED) is 0.783. The number of carbonyl (C=O) groups excluding carboxylic acids is 1. The van der Waals surface area contributed by atoms with Crippen molar-refractivity contribution < 1.29 is 9.53 Å². The molecule has 1 amide bonds. The van der Waals surface area contributed by atoms with Gasteiger partial charge in [0.25, 0.3) is 5.91 Å². The second-order valence-corrected chi connectivity index (χ2v) is 5.68. The third kappa shape index (κ3) is 5.06. The average Bonchev–Trinajstić information content (AvgIpc) is 2.52. The Kier molecular flexibility index (Phi) is 6.08. The summed E-state index contributed by atoms with van der Waals surface area (Å²) in [6.45, 7) is 0.907. The summed E-state index contributed by atoms with van der Waals surface area (Å²) in [6.07, 6.45) is 0. The molecule has 21 heavy (non-hydrogen) atoms. The number of rotatable bonds is 6. The van der Waals surface area contributed by atoms with Crippen LogP contribution in [-0.4, -0.2) is 18.3 Å². The fourth-order valence-corrected chi connectivity index (χ4v) is 2.10. The lowest BCUT2D eigenvalue weighted by atomic mass is 10.2. The van der Waals surface area contributed by atoms with Gasteiger partial charge in [-0.05, 0) is 35.9 Å². The summed E-state index contributed by atoms with van der Waals surface area (Å²) in [6, 6.07) is 15.0. The number of halogens is 2. The van der Waals surface area contributed by atoms with Crippen molar-refractivity contribution in [2.75, 3.05) is 12.4 Å². The van der Waals surface area contributed by atoms with E-state index in [1.54, 1.807) is 18.2 Å². The van der Waals surface area contributed by atoms with Gasteiger partial charge in [-0.2, -0.15) is 0 Å². The van der Waals surface area contributed by atoms with Crippen LogP contribution in [0.5, 0.6) is 5.75 Å². The van der Waals surface area contributed by atoms with E-state index in [1.165, 1.54) is 0 Å². The van der Waals surface area contributed by atoms with Gasteiger partial charge in [-0.3, -0.25) is 4.79 Å². The summed E-state index contributed by atoms with van der Waals surface area (Å²) in [5.41, 5.74) is 1.63. The standard InChI is InChI=1S/C16H15BrClNO2/c17-14-6-4-12(5-7-14)11-21-15-3-1-2-13(10-15)16(20)19-9-8-18/h1-7,10H,8-9,11H2,(H,19,20). The lowest BCUT2D eigenvalue weighted by Gasteiger charge is -2.08. The fourth-order valence-electron chi connectivity index (χ4n) is 1.74. The zero-order chi connectivity index (χ0) is 15.1. The average molecular weight is 369 g/mol. The molecule has 0 aromatic heterocycles. The van der Waals surface area contributed by atoms with Gasteiger partial charge in [0.2, 0.25) is 0 Å². The number of alkyl halides is 1. The first-order valence-electron chi connectivity index (χ1n) is 6.50. The summed E-state index contributed by atoms with van der Waals surface area (Å²) >= 11 is 8.94. The number of benzene rings is 2. The summed E-state index contributed by atoms with van der Waals surface area (Å²) in [7, 11) is 0. The molecule has 110 valence electrons. The monoisotopic (exact) mass is 367 g/mol. The molecule has 5 heteroatoms. The molecule has 0 atom stereocenters. The van der Waals surface area contributed by atoms with Gasteiger partial charge in [-0.1, -0.05) is 34.1 Å². The maximum Gasteiger partial charge on any atom is 0.251 e. The Labute approximate surface area is 137 Å². The van der Waals surface area contributed by atoms with Crippen molar-refractivity contribution in [1.82, 2.24) is 5.32 Å². The predicted molar refractivity (Wildman–Crippen MR) is 88.0 cm³/mol. The van der Waals surface area contributed by atoms with Gasteiger partial charge >= 0.3 is 0 Å².